The van der Waals surface area contributed by atoms with Crippen LogP contribution in [0.1, 0.15) is 20.8 Å². The van der Waals surface area contributed by atoms with E-state index in [1.807, 2.05) is 25.1 Å². The van der Waals surface area contributed by atoms with Crippen molar-refractivity contribution in [1.29, 1.82) is 0 Å². The number of morpholine rings is 1. The summed E-state index contributed by atoms with van der Waals surface area (Å²) in [6, 6.07) is 8.68. The number of carbonyl (C=O) groups excluding carboxylic acids is 2. The molecule has 1 unspecified atom stereocenters. The molecule has 148 valence electrons. The zero-order chi connectivity index (χ0) is 20.1. The molecule has 1 aliphatic carbocycles. The van der Waals surface area contributed by atoms with Gasteiger partial charge in [-0.1, -0.05) is 12.1 Å². The number of nitrogens with zero attached hydrogens (tertiary/aromatic N) is 2. The van der Waals surface area contributed by atoms with Crippen LogP contribution in [-0.2, 0) is 4.74 Å². The predicted octanol–water partition coefficient (Wildman–Crippen LogP) is 2.49. The molecule has 1 aromatic carbocycles. The summed E-state index contributed by atoms with van der Waals surface area (Å²) >= 11 is 1.59. The van der Waals surface area contributed by atoms with Gasteiger partial charge in [0.15, 0.2) is 12.0 Å². The summed E-state index contributed by atoms with van der Waals surface area (Å²) in [6.07, 6.45) is -0.575. The van der Waals surface area contributed by atoms with Crippen LogP contribution in [0.25, 0.3) is 21.8 Å². The highest BCUT2D eigenvalue weighted by molar-refractivity contribution is 7.15. The lowest BCUT2D eigenvalue weighted by Gasteiger charge is -2.34. The van der Waals surface area contributed by atoms with Crippen molar-refractivity contribution in [2.75, 3.05) is 24.6 Å². The predicted molar refractivity (Wildman–Crippen MR) is 110 cm³/mol. The summed E-state index contributed by atoms with van der Waals surface area (Å²) in [5.74, 6) is -0.171. The van der Waals surface area contributed by atoms with Crippen molar-refractivity contribution >= 4 is 28.8 Å². The van der Waals surface area contributed by atoms with Crippen LogP contribution in [0, 0.1) is 6.92 Å². The topological polar surface area (TPSA) is 113 Å². The Bertz CT molecular complexity index is 1130. The number of ether oxygens (including phenoxy) is 1. The van der Waals surface area contributed by atoms with E-state index < -0.39 is 12.3 Å². The maximum atomic E-state index is 13.5. The van der Waals surface area contributed by atoms with Crippen molar-refractivity contribution in [2.45, 2.75) is 13.2 Å². The number of aryl methyl sites for hydroxylation is 1. The SMILES string of the molecule is Cc1ccc(-c2[nH]nc3c2C(=O)c2c-3cccc2N(C(N)=O)C2CNCCO2)s1. The van der Waals surface area contributed by atoms with Gasteiger partial charge >= 0.3 is 6.03 Å². The second-order valence-electron chi connectivity index (χ2n) is 7.00. The maximum absolute atomic E-state index is 13.5. The highest BCUT2D eigenvalue weighted by Gasteiger charge is 2.38. The average Bonchev–Trinajstić information content (AvgIpc) is 3.40. The molecule has 5 rings (SSSR count). The molecule has 0 saturated carbocycles. The molecule has 2 aromatic heterocycles. The second-order valence-corrected chi connectivity index (χ2v) is 8.29. The van der Waals surface area contributed by atoms with Crippen LogP contribution in [0.2, 0.25) is 0 Å². The van der Waals surface area contributed by atoms with Gasteiger partial charge < -0.3 is 15.8 Å². The molecule has 1 aliphatic heterocycles. The van der Waals surface area contributed by atoms with Gasteiger partial charge in [-0.2, -0.15) is 5.10 Å². The minimum absolute atomic E-state index is 0.171. The summed E-state index contributed by atoms with van der Waals surface area (Å²) in [4.78, 5) is 29.3. The first-order chi connectivity index (χ1) is 14.1. The fraction of sp³-hybridized carbons (Fsp3) is 0.250. The number of thiophene rings is 1. The molecule has 4 N–H and O–H groups in total. The lowest BCUT2D eigenvalue weighted by molar-refractivity contribution is 0.0317. The third-order valence-corrected chi connectivity index (χ3v) is 6.22. The molecule has 1 atom stereocenters. The number of primary amides is 1. The fourth-order valence-electron chi connectivity index (χ4n) is 3.94. The third-order valence-electron chi connectivity index (χ3n) is 5.20. The van der Waals surface area contributed by atoms with Gasteiger partial charge in [0, 0.05) is 23.5 Å². The molecular formula is C20H19N5O3S. The zero-order valence-corrected chi connectivity index (χ0v) is 16.5. The number of urea groups is 1. The number of aromatic amines is 1. The lowest BCUT2D eigenvalue weighted by Crippen LogP contribution is -2.53. The van der Waals surface area contributed by atoms with Crippen LogP contribution < -0.4 is 16.0 Å². The van der Waals surface area contributed by atoms with Crippen molar-refractivity contribution in [3.8, 4) is 21.8 Å². The number of hydrogen-bond donors (Lipinski definition) is 3. The van der Waals surface area contributed by atoms with E-state index >= 15 is 0 Å². The van der Waals surface area contributed by atoms with Gasteiger partial charge in [0.1, 0.15) is 5.69 Å². The molecule has 29 heavy (non-hydrogen) atoms. The Balaban J connectivity index is 1.63. The van der Waals surface area contributed by atoms with E-state index in [1.54, 1.807) is 23.5 Å². The monoisotopic (exact) mass is 409 g/mol. The van der Waals surface area contributed by atoms with Crippen LogP contribution in [0.4, 0.5) is 10.5 Å². The highest BCUT2D eigenvalue weighted by atomic mass is 32.1. The van der Waals surface area contributed by atoms with Crippen molar-refractivity contribution in [3.63, 3.8) is 0 Å². The van der Waals surface area contributed by atoms with E-state index in [2.05, 4.69) is 15.5 Å². The molecule has 0 bridgehead atoms. The summed E-state index contributed by atoms with van der Waals surface area (Å²) in [7, 11) is 0. The number of carbonyl (C=O) groups is 2. The Morgan fingerprint density at radius 3 is 2.86 bits per heavy atom. The largest absolute Gasteiger partial charge is 0.355 e. The number of nitrogens with one attached hydrogen (secondary N) is 2. The van der Waals surface area contributed by atoms with E-state index in [4.69, 9.17) is 10.5 Å². The van der Waals surface area contributed by atoms with Crippen LogP contribution in [-0.4, -0.2) is 47.9 Å². The summed E-state index contributed by atoms with van der Waals surface area (Å²) in [6.45, 7) is 3.61. The van der Waals surface area contributed by atoms with Gasteiger partial charge in [-0.25, -0.2) is 4.79 Å². The first kappa shape index (κ1) is 18.0. The molecule has 9 heteroatoms. The number of nitrogens with two attached hydrogens (primary N) is 1. The minimum Gasteiger partial charge on any atom is -0.355 e. The lowest BCUT2D eigenvalue weighted by atomic mass is 10.0. The van der Waals surface area contributed by atoms with E-state index in [-0.39, 0.29) is 5.78 Å². The van der Waals surface area contributed by atoms with Crippen molar-refractivity contribution in [1.82, 2.24) is 15.5 Å². The first-order valence-corrected chi connectivity index (χ1v) is 10.1. The van der Waals surface area contributed by atoms with E-state index in [0.29, 0.717) is 53.5 Å². The van der Waals surface area contributed by atoms with Crippen molar-refractivity contribution in [2.24, 2.45) is 5.73 Å². The molecule has 0 radical (unpaired) electrons. The van der Waals surface area contributed by atoms with Gasteiger partial charge in [0.05, 0.1) is 34.0 Å². The third kappa shape index (κ3) is 2.78. The summed E-state index contributed by atoms with van der Waals surface area (Å²) < 4.78 is 5.74. The van der Waals surface area contributed by atoms with Gasteiger partial charge in [0.2, 0.25) is 0 Å². The maximum Gasteiger partial charge on any atom is 0.321 e. The number of anilines is 1. The van der Waals surface area contributed by atoms with Gasteiger partial charge in [-0.3, -0.25) is 14.8 Å². The molecule has 1 saturated heterocycles. The molecule has 3 heterocycles. The average molecular weight is 409 g/mol. The number of benzene rings is 1. The number of H-pyrrole nitrogens is 1. The highest BCUT2D eigenvalue weighted by Crippen LogP contribution is 2.45. The quantitative estimate of drug-likeness (QED) is 0.481. The van der Waals surface area contributed by atoms with Crippen LogP contribution >= 0.6 is 11.3 Å². The molecular weight excluding hydrogens is 390 g/mol. The van der Waals surface area contributed by atoms with Crippen molar-refractivity contribution < 1.29 is 14.3 Å². The Morgan fingerprint density at radius 2 is 2.17 bits per heavy atom. The number of ketones is 1. The number of rotatable bonds is 3. The van der Waals surface area contributed by atoms with Crippen LogP contribution in [0.15, 0.2) is 30.3 Å². The van der Waals surface area contributed by atoms with E-state index in [9.17, 15) is 9.59 Å². The Kier molecular flexibility index (Phi) is 4.23. The molecule has 2 amide bonds. The van der Waals surface area contributed by atoms with Gasteiger partial charge in [-0.15, -0.1) is 11.3 Å². The van der Waals surface area contributed by atoms with Crippen LogP contribution in [0.5, 0.6) is 0 Å². The molecule has 1 fully saturated rings. The standard InChI is InChI=1S/C20H19N5O3S/c1-10-5-6-13(29-10)18-16-17(23-24-18)11-3-2-4-12(15(11)19(16)26)25(20(21)27)14-9-22-7-8-28-14/h2-6,14,22H,7-9H2,1H3,(H2,21,27)(H,23,24). The smallest absolute Gasteiger partial charge is 0.321 e. The Hall–Kier alpha value is -3.01. The van der Waals surface area contributed by atoms with Gasteiger partial charge in [0.25, 0.3) is 0 Å². The van der Waals surface area contributed by atoms with Gasteiger partial charge in [-0.05, 0) is 25.1 Å². The number of hydrogen-bond acceptors (Lipinski definition) is 6. The Labute approximate surface area is 170 Å². The molecule has 3 aromatic rings. The van der Waals surface area contributed by atoms with Crippen molar-refractivity contribution in [3.05, 3.63) is 46.3 Å². The summed E-state index contributed by atoms with van der Waals surface area (Å²) in [5.41, 5.74) is 9.08. The normalized spacial score (nSPS) is 17.8. The van der Waals surface area contributed by atoms with Crippen LogP contribution in [0.3, 0.4) is 0 Å². The molecule has 0 spiro atoms. The van der Waals surface area contributed by atoms with E-state index in [1.165, 1.54) is 4.90 Å². The fourth-order valence-corrected chi connectivity index (χ4v) is 4.81. The summed E-state index contributed by atoms with van der Waals surface area (Å²) in [5, 5.41) is 10.6. The zero-order valence-electron chi connectivity index (χ0n) is 15.7. The number of fused-ring (bicyclic) bond motifs is 3. The van der Waals surface area contributed by atoms with E-state index in [0.717, 1.165) is 9.75 Å². The minimum atomic E-state index is -0.667. The molecule has 8 nitrogen and oxygen atoms in total. The molecule has 2 aliphatic rings. The number of aromatic nitrogens is 2. The second kappa shape index (κ2) is 6.80. The first-order valence-electron chi connectivity index (χ1n) is 9.30. The number of amides is 2. The Morgan fingerprint density at radius 1 is 1.31 bits per heavy atom.